The van der Waals surface area contributed by atoms with E-state index < -0.39 is 38.5 Å². The number of amides is 1. The van der Waals surface area contributed by atoms with E-state index in [-0.39, 0.29) is 10.9 Å². The minimum Gasteiger partial charge on any atom is -0.497 e. The van der Waals surface area contributed by atoms with Gasteiger partial charge < -0.3 is 28.1 Å². The van der Waals surface area contributed by atoms with Gasteiger partial charge in [-0.15, -0.1) is 0 Å². The molecule has 0 aliphatic carbocycles. The molecule has 0 radical (unpaired) electrons. The fourth-order valence-electron chi connectivity index (χ4n) is 4.83. The van der Waals surface area contributed by atoms with Crippen molar-refractivity contribution in [3.63, 3.8) is 0 Å². The van der Waals surface area contributed by atoms with Crippen LogP contribution in [0.3, 0.4) is 0 Å². The van der Waals surface area contributed by atoms with E-state index in [1.165, 1.54) is 0 Å². The summed E-state index contributed by atoms with van der Waals surface area (Å²) in [6.45, 7) is 11.4. The molecule has 1 amide bonds. The number of nitrogens with zero attached hydrogens (tertiary/aromatic N) is 1. The molecule has 2 aliphatic heterocycles. The van der Waals surface area contributed by atoms with Crippen molar-refractivity contribution >= 4 is 19.9 Å². The van der Waals surface area contributed by atoms with E-state index in [0.717, 1.165) is 11.3 Å². The lowest BCUT2D eigenvalue weighted by atomic mass is 9.84. The Morgan fingerprint density at radius 2 is 1.45 bits per heavy atom. The first-order chi connectivity index (χ1) is 18.0. The van der Waals surface area contributed by atoms with Crippen LogP contribution in [0.15, 0.2) is 54.6 Å². The highest BCUT2D eigenvalue weighted by Crippen LogP contribution is 2.51. The lowest BCUT2D eigenvalue weighted by molar-refractivity contribution is -0.229. The number of benzene rings is 2. The van der Waals surface area contributed by atoms with E-state index in [2.05, 4.69) is 33.9 Å². The average molecular weight is 544 g/mol. The second kappa shape index (κ2) is 11.1. The molecule has 2 aliphatic rings. The summed E-state index contributed by atoms with van der Waals surface area (Å²) in [7, 11) is 2.54. The third-order valence-electron chi connectivity index (χ3n) is 7.92. The number of β-lactam (4-membered cyclic amide) rings is 1. The van der Waals surface area contributed by atoms with Crippen LogP contribution in [0.4, 0.5) is 5.69 Å². The van der Waals surface area contributed by atoms with Crippen molar-refractivity contribution in [2.75, 3.05) is 39.4 Å². The topological polar surface area (TPSA) is 75.7 Å². The third-order valence-corrected chi connectivity index (χ3v) is 12.4. The van der Waals surface area contributed by atoms with Gasteiger partial charge in [-0.05, 0) is 42.4 Å². The maximum absolute atomic E-state index is 13.9. The molecule has 8 nitrogen and oxygen atoms in total. The molecule has 38 heavy (non-hydrogen) atoms. The molecular formula is C29H41NO7Si. The first-order valence-corrected chi connectivity index (χ1v) is 15.9. The third kappa shape index (κ3) is 5.15. The number of carbonyl (C=O) groups is 1. The zero-order valence-electron chi connectivity index (χ0n) is 23.7. The van der Waals surface area contributed by atoms with E-state index in [1.807, 2.05) is 54.6 Å². The summed E-state index contributed by atoms with van der Waals surface area (Å²) in [5, 5.41) is -0.0904. The fourth-order valence-corrected chi connectivity index (χ4v) is 6.05. The number of carbonyl (C=O) groups excluding carboxylic acids is 1. The van der Waals surface area contributed by atoms with Crippen LogP contribution in [0, 0.1) is 0 Å². The summed E-state index contributed by atoms with van der Waals surface area (Å²) in [4.78, 5) is 15.6. The largest absolute Gasteiger partial charge is 0.497 e. The number of hydrogen-bond donors (Lipinski definition) is 0. The van der Waals surface area contributed by atoms with Gasteiger partial charge in [-0.1, -0.05) is 51.1 Å². The molecular weight excluding hydrogens is 502 g/mol. The Kier molecular flexibility index (Phi) is 8.37. The molecule has 0 aromatic heterocycles. The van der Waals surface area contributed by atoms with Crippen LogP contribution in [0.2, 0.25) is 18.1 Å². The van der Waals surface area contributed by atoms with Crippen LogP contribution in [0.25, 0.3) is 0 Å². The highest BCUT2D eigenvalue weighted by atomic mass is 28.4. The van der Waals surface area contributed by atoms with Crippen LogP contribution in [0.1, 0.15) is 26.3 Å². The Bertz CT molecular complexity index is 1070. The molecule has 208 valence electrons. The monoisotopic (exact) mass is 543 g/mol. The fraction of sp³-hybridized carbons (Fsp3) is 0.552. The number of anilines is 1. The van der Waals surface area contributed by atoms with Gasteiger partial charge in [0, 0.05) is 25.5 Å². The van der Waals surface area contributed by atoms with Gasteiger partial charge in [-0.3, -0.25) is 9.69 Å². The highest BCUT2D eigenvalue weighted by Gasteiger charge is 2.67. The second-order valence-electron chi connectivity index (χ2n) is 11.4. The van der Waals surface area contributed by atoms with Gasteiger partial charge in [-0.25, -0.2) is 0 Å². The highest BCUT2D eigenvalue weighted by molar-refractivity contribution is 6.74. The van der Waals surface area contributed by atoms with E-state index in [0.29, 0.717) is 19.0 Å². The normalized spacial score (nSPS) is 25.4. The molecule has 0 spiro atoms. The summed E-state index contributed by atoms with van der Waals surface area (Å²) in [5.41, 5.74) is 1.52. The molecule has 0 unspecified atom stereocenters. The van der Waals surface area contributed by atoms with Crippen molar-refractivity contribution in [3.05, 3.63) is 60.2 Å². The first-order valence-electron chi connectivity index (χ1n) is 13.0. The summed E-state index contributed by atoms with van der Waals surface area (Å²) in [5.74, 6) is -0.709. The molecule has 0 saturated carbocycles. The maximum atomic E-state index is 13.9. The van der Waals surface area contributed by atoms with E-state index >= 15 is 0 Å². The van der Waals surface area contributed by atoms with Crippen molar-refractivity contribution in [1.29, 1.82) is 0 Å². The molecule has 4 rings (SSSR count). The van der Waals surface area contributed by atoms with Crippen LogP contribution < -0.4 is 9.64 Å². The lowest BCUT2D eigenvalue weighted by Crippen LogP contribution is -2.75. The van der Waals surface area contributed by atoms with Crippen molar-refractivity contribution in [3.8, 4) is 5.75 Å². The van der Waals surface area contributed by atoms with Crippen molar-refractivity contribution in [2.24, 2.45) is 0 Å². The van der Waals surface area contributed by atoms with Crippen molar-refractivity contribution < 1.29 is 32.9 Å². The van der Waals surface area contributed by atoms with Gasteiger partial charge in [0.2, 0.25) is 5.79 Å². The summed E-state index contributed by atoms with van der Waals surface area (Å²) >= 11 is 0. The number of methoxy groups -OCH3 is 3. The van der Waals surface area contributed by atoms with Gasteiger partial charge in [-0.2, -0.15) is 0 Å². The molecule has 2 saturated heterocycles. The number of rotatable bonds is 10. The van der Waals surface area contributed by atoms with Gasteiger partial charge >= 0.3 is 0 Å². The predicted octanol–water partition coefficient (Wildman–Crippen LogP) is 4.73. The smallest absolute Gasteiger partial charge is 0.257 e. The molecule has 0 bridgehead atoms. The summed E-state index contributed by atoms with van der Waals surface area (Å²) < 4.78 is 36.8. The number of hydrogen-bond acceptors (Lipinski definition) is 7. The zero-order chi connectivity index (χ0) is 27.7. The first kappa shape index (κ1) is 28.7. The molecule has 2 heterocycles. The van der Waals surface area contributed by atoms with Gasteiger partial charge in [0.15, 0.2) is 14.4 Å². The molecule has 2 aromatic rings. The number of ether oxygens (including phenoxy) is 5. The summed E-state index contributed by atoms with van der Waals surface area (Å²) in [6.07, 6.45) is -1.55. The predicted molar refractivity (Wildman–Crippen MR) is 148 cm³/mol. The van der Waals surface area contributed by atoms with Crippen molar-refractivity contribution in [1.82, 2.24) is 0 Å². The molecule has 2 fully saturated rings. The van der Waals surface area contributed by atoms with Gasteiger partial charge in [0.25, 0.3) is 5.91 Å². The van der Waals surface area contributed by atoms with E-state index in [1.54, 1.807) is 26.2 Å². The Morgan fingerprint density at radius 1 is 0.895 bits per heavy atom. The zero-order valence-corrected chi connectivity index (χ0v) is 24.7. The molecule has 0 N–H and O–H groups in total. The van der Waals surface area contributed by atoms with Crippen LogP contribution in [0.5, 0.6) is 5.75 Å². The van der Waals surface area contributed by atoms with E-state index in [9.17, 15) is 4.79 Å². The van der Waals surface area contributed by atoms with Crippen LogP contribution >= 0.6 is 0 Å². The minimum atomic E-state index is -2.34. The molecule has 4 atom stereocenters. The van der Waals surface area contributed by atoms with Gasteiger partial charge in [0.05, 0.1) is 20.3 Å². The standard InChI is InChI=1S/C29H41NO7Si/c1-28(2,3)38(7,8)37-25-26(30(27(25)31)21-14-16-22(34-6)17-15-21)29(20-12-10-9-11-13-20)35-23(18-32-4)24(36-29)19-33-5/h9-17,23-26H,18-19H2,1-8H3/t23-,24-,25-,26-/m0/s1. The Labute approximate surface area is 227 Å². The maximum Gasteiger partial charge on any atom is 0.257 e. The second-order valence-corrected chi connectivity index (χ2v) is 16.2. The Balaban J connectivity index is 1.85. The molecule has 9 heteroatoms. The summed E-state index contributed by atoms with van der Waals surface area (Å²) in [6, 6.07) is 16.6. The van der Waals surface area contributed by atoms with E-state index in [4.69, 9.17) is 28.1 Å². The average Bonchev–Trinajstić information content (AvgIpc) is 3.24. The Morgan fingerprint density at radius 3 is 1.92 bits per heavy atom. The van der Waals surface area contributed by atoms with Crippen molar-refractivity contribution in [2.45, 2.75) is 69.0 Å². The SMILES string of the molecule is COC[C@@H]1OC(c2ccccc2)([C@@H]2[C@H](O[Si](C)(C)C(C)(C)C)C(=O)N2c2ccc(OC)cc2)O[C@H]1COC. The molecule has 2 aromatic carbocycles. The van der Waals surface area contributed by atoms with Crippen LogP contribution in [-0.4, -0.2) is 73.1 Å². The van der Waals surface area contributed by atoms with Gasteiger partial charge in [0.1, 0.15) is 24.0 Å². The lowest BCUT2D eigenvalue weighted by Gasteiger charge is -2.55. The minimum absolute atomic E-state index is 0.0904. The van der Waals surface area contributed by atoms with Crippen LogP contribution in [-0.2, 0) is 34.0 Å². The Hall–Kier alpha value is -2.27. The quantitative estimate of drug-likeness (QED) is 0.317.